The van der Waals surface area contributed by atoms with Crippen LogP contribution in [0, 0.1) is 6.92 Å². The summed E-state index contributed by atoms with van der Waals surface area (Å²) in [5.74, 6) is 1.08. The molecule has 0 radical (unpaired) electrons. The fraction of sp³-hybridized carbons (Fsp3) is 0.400. The number of pyridine rings is 1. The van der Waals surface area contributed by atoms with Crippen LogP contribution in [0.5, 0.6) is 0 Å². The Morgan fingerprint density at radius 1 is 0.964 bits per heavy atom. The second kappa shape index (κ2) is 5.50. The summed E-state index contributed by atoms with van der Waals surface area (Å²) in [5.41, 5.74) is 6.45. The molecule has 0 saturated heterocycles. The minimum atomic E-state index is 0.183. The van der Waals surface area contributed by atoms with Crippen LogP contribution in [0.15, 0.2) is 47.1 Å². The van der Waals surface area contributed by atoms with Gasteiger partial charge in [0.05, 0.1) is 19.4 Å². The molecule has 3 aromatic heterocycles. The molecule has 1 aromatic carbocycles. The average Bonchev–Trinajstić information content (AvgIpc) is 3.21. The van der Waals surface area contributed by atoms with E-state index in [1.807, 2.05) is 0 Å². The molecule has 28 heavy (non-hydrogen) atoms. The maximum atomic E-state index is 6.53. The molecule has 144 valence electrons. The van der Waals surface area contributed by atoms with E-state index < -0.39 is 0 Å². The van der Waals surface area contributed by atoms with Crippen molar-refractivity contribution in [3.05, 3.63) is 59.5 Å². The third-order valence-corrected chi connectivity index (χ3v) is 6.88. The topological polar surface area (TPSA) is 21.9 Å². The molecule has 5 rings (SSSR count). The van der Waals surface area contributed by atoms with Gasteiger partial charge in [0.15, 0.2) is 0 Å². The van der Waals surface area contributed by atoms with Gasteiger partial charge in [-0.2, -0.15) is 0 Å². The van der Waals surface area contributed by atoms with Gasteiger partial charge in [-0.1, -0.05) is 27.7 Å². The molecule has 4 aromatic rings. The van der Waals surface area contributed by atoms with Gasteiger partial charge in [-0.25, -0.2) is 9.13 Å². The molecule has 1 aliphatic carbocycles. The van der Waals surface area contributed by atoms with Crippen LogP contribution in [0.2, 0.25) is 0 Å². The average molecular weight is 374 g/mol. The number of furan rings is 1. The van der Waals surface area contributed by atoms with E-state index in [1.165, 1.54) is 40.4 Å². The van der Waals surface area contributed by atoms with Gasteiger partial charge in [0.2, 0.25) is 5.58 Å². The van der Waals surface area contributed by atoms with Gasteiger partial charge >= 0.3 is 5.82 Å². The van der Waals surface area contributed by atoms with Gasteiger partial charge in [0.25, 0.3) is 0 Å². The molecule has 0 saturated carbocycles. The summed E-state index contributed by atoms with van der Waals surface area (Å²) in [4.78, 5) is 0. The van der Waals surface area contributed by atoms with E-state index in [-0.39, 0.29) is 10.8 Å². The SMILES string of the molecule is Cc1cccn1-c1c2oc3cc4c(cc3c2cc[n+]1C)C(C)(C)CCC4(C)C. The molecule has 0 aliphatic heterocycles. The van der Waals surface area contributed by atoms with Crippen LogP contribution in [0.3, 0.4) is 0 Å². The number of rotatable bonds is 1. The summed E-state index contributed by atoms with van der Waals surface area (Å²) in [7, 11) is 2.08. The molecule has 3 heterocycles. The summed E-state index contributed by atoms with van der Waals surface area (Å²) in [5, 5.41) is 2.42. The highest BCUT2D eigenvalue weighted by Gasteiger charge is 2.38. The molecular weight excluding hydrogens is 344 g/mol. The van der Waals surface area contributed by atoms with Crippen LogP contribution < -0.4 is 4.57 Å². The van der Waals surface area contributed by atoms with Crippen molar-refractivity contribution in [2.75, 3.05) is 0 Å². The Morgan fingerprint density at radius 2 is 1.64 bits per heavy atom. The zero-order valence-corrected chi connectivity index (χ0v) is 17.8. The number of benzene rings is 1. The summed E-state index contributed by atoms with van der Waals surface area (Å²) < 4.78 is 10.9. The Hall–Kier alpha value is -2.55. The summed E-state index contributed by atoms with van der Waals surface area (Å²) >= 11 is 0. The van der Waals surface area contributed by atoms with E-state index >= 15 is 0 Å². The minimum absolute atomic E-state index is 0.183. The van der Waals surface area contributed by atoms with E-state index in [1.54, 1.807) is 0 Å². The molecule has 0 amide bonds. The van der Waals surface area contributed by atoms with Crippen LogP contribution >= 0.6 is 0 Å². The Bertz CT molecular complexity index is 1240. The Kier molecular flexibility index (Phi) is 3.44. The molecule has 3 heteroatoms. The fourth-order valence-electron chi connectivity index (χ4n) is 4.91. The monoisotopic (exact) mass is 373 g/mol. The van der Waals surface area contributed by atoms with Crippen molar-refractivity contribution >= 4 is 21.9 Å². The molecule has 0 fully saturated rings. The smallest absolute Gasteiger partial charge is 0.330 e. The Morgan fingerprint density at radius 3 is 2.29 bits per heavy atom. The van der Waals surface area contributed by atoms with Gasteiger partial charge in [-0.05, 0) is 72.1 Å². The normalized spacial score (nSPS) is 17.9. The molecular formula is C25H29N2O+. The lowest BCUT2D eigenvalue weighted by molar-refractivity contribution is -0.664. The first-order chi connectivity index (χ1) is 13.2. The predicted octanol–water partition coefficient (Wildman–Crippen LogP) is 5.86. The number of aryl methyl sites for hydroxylation is 2. The third-order valence-electron chi connectivity index (χ3n) is 6.88. The highest BCUT2D eigenvalue weighted by Crippen LogP contribution is 2.48. The van der Waals surface area contributed by atoms with E-state index in [9.17, 15) is 0 Å². The first-order valence-electron chi connectivity index (χ1n) is 10.2. The van der Waals surface area contributed by atoms with Crippen LogP contribution in [0.4, 0.5) is 0 Å². The predicted molar refractivity (Wildman–Crippen MR) is 114 cm³/mol. The van der Waals surface area contributed by atoms with E-state index in [0.717, 1.165) is 17.0 Å². The maximum absolute atomic E-state index is 6.53. The Balaban J connectivity index is 1.89. The van der Waals surface area contributed by atoms with Crippen LogP contribution in [0.1, 0.15) is 57.4 Å². The largest absolute Gasteiger partial charge is 0.447 e. The van der Waals surface area contributed by atoms with Crippen LogP contribution in [-0.4, -0.2) is 4.57 Å². The standard InChI is InChI=1S/C25H29N2O/c1-16-8-7-12-27(16)23-22-17(9-13-26(23)6)18-14-19-20(15-21(18)28-22)25(4,5)11-10-24(19,2)3/h7-9,12-15H,10-11H2,1-6H3/q+1. The quantitative estimate of drug-likeness (QED) is 0.383. The van der Waals surface area contributed by atoms with Gasteiger partial charge < -0.3 is 4.42 Å². The van der Waals surface area contributed by atoms with Crippen molar-refractivity contribution < 1.29 is 8.98 Å². The molecule has 0 bridgehead atoms. The van der Waals surface area contributed by atoms with Crippen molar-refractivity contribution in [3.8, 4) is 5.82 Å². The second-order valence-corrected chi connectivity index (χ2v) is 9.78. The summed E-state index contributed by atoms with van der Waals surface area (Å²) in [6, 6.07) is 11.1. The summed E-state index contributed by atoms with van der Waals surface area (Å²) in [6.07, 6.45) is 6.67. The third kappa shape index (κ3) is 2.32. The van der Waals surface area contributed by atoms with E-state index in [0.29, 0.717) is 0 Å². The van der Waals surface area contributed by atoms with Gasteiger partial charge in [-0.3, -0.25) is 0 Å². The number of nitrogens with zero attached hydrogens (tertiary/aromatic N) is 2. The molecule has 0 N–H and O–H groups in total. The molecule has 1 aliphatic rings. The number of hydrogen-bond donors (Lipinski definition) is 0. The first kappa shape index (κ1) is 17.5. The molecule has 0 unspecified atom stereocenters. The molecule has 0 atom stereocenters. The lowest BCUT2D eigenvalue weighted by Crippen LogP contribution is -2.33. The van der Waals surface area contributed by atoms with Crippen molar-refractivity contribution in [2.45, 2.75) is 58.3 Å². The zero-order valence-electron chi connectivity index (χ0n) is 17.8. The second-order valence-electron chi connectivity index (χ2n) is 9.78. The zero-order chi connectivity index (χ0) is 19.8. The van der Waals surface area contributed by atoms with Crippen molar-refractivity contribution in [1.82, 2.24) is 4.57 Å². The highest BCUT2D eigenvalue weighted by molar-refractivity contribution is 6.07. The molecule has 0 spiro atoms. The molecule has 3 nitrogen and oxygen atoms in total. The van der Waals surface area contributed by atoms with Gasteiger partial charge in [0, 0.05) is 10.8 Å². The van der Waals surface area contributed by atoms with E-state index in [4.69, 9.17) is 4.42 Å². The minimum Gasteiger partial charge on any atom is -0.447 e. The Labute approximate surface area is 166 Å². The summed E-state index contributed by atoms with van der Waals surface area (Å²) in [6.45, 7) is 11.6. The lowest BCUT2D eigenvalue weighted by atomic mass is 9.63. The fourth-order valence-corrected chi connectivity index (χ4v) is 4.91. The number of hydrogen-bond acceptors (Lipinski definition) is 1. The van der Waals surface area contributed by atoms with E-state index in [2.05, 4.69) is 93.5 Å². The van der Waals surface area contributed by atoms with Crippen molar-refractivity contribution in [2.24, 2.45) is 7.05 Å². The van der Waals surface area contributed by atoms with Gasteiger partial charge in [-0.15, -0.1) is 0 Å². The lowest BCUT2D eigenvalue weighted by Gasteiger charge is -2.41. The number of aromatic nitrogens is 2. The van der Waals surface area contributed by atoms with Crippen LogP contribution in [0.25, 0.3) is 27.8 Å². The van der Waals surface area contributed by atoms with Gasteiger partial charge in [0.1, 0.15) is 11.3 Å². The highest BCUT2D eigenvalue weighted by atomic mass is 16.3. The van der Waals surface area contributed by atoms with Crippen LogP contribution in [-0.2, 0) is 17.9 Å². The van der Waals surface area contributed by atoms with Crippen molar-refractivity contribution in [1.29, 1.82) is 0 Å². The maximum Gasteiger partial charge on any atom is 0.330 e. The number of fused-ring (bicyclic) bond motifs is 4. The first-order valence-corrected chi connectivity index (χ1v) is 10.2. The van der Waals surface area contributed by atoms with Crippen molar-refractivity contribution in [3.63, 3.8) is 0 Å².